The van der Waals surface area contributed by atoms with Crippen molar-refractivity contribution in [3.05, 3.63) is 59.7 Å². The van der Waals surface area contributed by atoms with Crippen molar-refractivity contribution in [1.29, 1.82) is 0 Å². The first-order valence-corrected chi connectivity index (χ1v) is 11.9. The van der Waals surface area contributed by atoms with Crippen molar-refractivity contribution in [2.24, 2.45) is 0 Å². The number of hydrogen-bond acceptors (Lipinski definition) is 6. The highest BCUT2D eigenvalue weighted by Gasteiger charge is 2.36. The number of benzene rings is 2. The Morgan fingerprint density at radius 2 is 1.83 bits per heavy atom. The van der Waals surface area contributed by atoms with Gasteiger partial charge in [-0.25, -0.2) is 4.79 Å². The number of halogens is 3. The van der Waals surface area contributed by atoms with Gasteiger partial charge in [0.2, 0.25) is 0 Å². The molecule has 6 nitrogen and oxygen atoms in total. The molecule has 2 saturated heterocycles. The minimum atomic E-state index is -4.38. The third-order valence-corrected chi connectivity index (χ3v) is 6.52. The lowest BCUT2D eigenvalue weighted by Gasteiger charge is -2.37. The smallest absolute Gasteiger partial charge is 0.416 e. The summed E-state index contributed by atoms with van der Waals surface area (Å²) < 4.78 is 55.5. The predicted molar refractivity (Wildman–Crippen MR) is 126 cm³/mol. The van der Waals surface area contributed by atoms with E-state index in [1.165, 1.54) is 12.1 Å². The Morgan fingerprint density at radius 3 is 2.46 bits per heavy atom. The molecule has 0 N–H and O–H groups in total. The molecule has 2 aliphatic rings. The summed E-state index contributed by atoms with van der Waals surface area (Å²) in [6.07, 6.45) is -3.83. The number of carbonyl (C=O) groups excluding carboxylic acids is 1. The maximum atomic E-state index is 12.9. The molecule has 0 bridgehead atoms. The maximum absolute atomic E-state index is 12.9. The Hall–Kier alpha value is -2.78. The van der Waals surface area contributed by atoms with Crippen LogP contribution in [0.1, 0.15) is 36.2 Å². The van der Waals surface area contributed by atoms with E-state index < -0.39 is 11.7 Å². The summed E-state index contributed by atoms with van der Waals surface area (Å²) in [5.74, 6) is 0.0590. The Kier molecular flexibility index (Phi) is 7.86. The van der Waals surface area contributed by atoms with Crippen LogP contribution in [0.5, 0.6) is 5.75 Å². The molecule has 0 unspecified atom stereocenters. The number of esters is 1. The third kappa shape index (κ3) is 6.27. The van der Waals surface area contributed by atoms with E-state index in [-0.39, 0.29) is 18.1 Å². The number of hydrogen-bond donors (Lipinski definition) is 0. The third-order valence-electron chi connectivity index (χ3n) is 6.52. The van der Waals surface area contributed by atoms with Crippen LogP contribution >= 0.6 is 0 Å². The van der Waals surface area contributed by atoms with E-state index in [4.69, 9.17) is 14.2 Å². The molecule has 2 fully saturated rings. The van der Waals surface area contributed by atoms with Crippen LogP contribution in [0.25, 0.3) is 0 Å². The Balaban J connectivity index is 1.50. The fourth-order valence-electron chi connectivity index (χ4n) is 4.67. The van der Waals surface area contributed by atoms with Gasteiger partial charge in [0, 0.05) is 37.3 Å². The Morgan fingerprint density at radius 1 is 1.11 bits per heavy atom. The van der Waals surface area contributed by atoms with Crippen LogP contribution in [0.15, 0.2) is 48.5 Å². The molecule has 2 aromatic carbocycles. The fraction of sp³-hybridized carbons (Fsp3) is 0.500. The van der Waals surface area contributed by atoms with Crippen LogP contribution < -0.4 is 9.64 Å². The fourth-order valence-corrected chi connectivity index (χ4v) is 4.67. The summed E-state index contributed by atoms with van der Waals surface area (Å²) in [7, 11) is 0. The summed E-state index contributed by atoms with van der Waals surface area (Å²) in [6.45, 7) is 7.85. The van der Waals surface area contributed by atoms with Gasteiger partial charge in [0.05, 0.1) is 37.5 Å². The van der Waals surface area contributed by atoms with E-state index in [1.807, 2.05) is 12.1 Å². The van der Waals surface area contributed by atoms with Crippen LogP contribution in [0.3, 0.4) is 0 Å². The zero-order valence-corrected chi connectivity index (χ0v) is 20.0. The number of morpholine rings is 1. The van der Waals surface area contributed by atoms with Crippen LogP contribution in [0.4, 0.5) is 18.9 Å². The molecule has 190 valence electrons. The zero-order valence-electron chi connectivity index (χ0n) is 20.0. The van der Waals surface area contributed by atoms with Gasteiger partial charge in [-0.3, -0.25) is 4.90 Å². The van der Waals surface area contributed by atoms with E-state index in [0.717, 1.165) is 37.3 Å². The summed E-state index contributed by atoms with van der Waals surface area (Å²) in [6, 6.07) is 12.6. The lowest BCUT2D eigenvalue weighted by Crippen LogP contribution is -2.49. The number of nitrogens with zero attached hydrogens (tertiary/aromatic N) is 2. The molecule has 3 atom stereocenters. The van der Waals surface area contributed by atoms with E-state index in [1.54, 1.807) is 19.1 Å². The quantitative estimate of drug-likeness (QED) is 0.526. The number of carbonyl (C=O) groups is 1. The molecule has 35 heavy (non-hydrogen) atoms. The summed E-state index contributed by atoms with van der Waals surface area (Å²) in [4.78, 5) is 16.7. The van der Waals surface area contributed by atoms with Crippen molar-refractivity contribution in [2.45, 2.75) is 44.6 Å². The first-order valence-electron chi connectivity index (χ1n) is 11.9. The highest BCUT2D eigenvalue weighted by Crippen LogP contribution is 2.33. The minimum Gasteiger partial charge on any atom is -0.489 e. The van der Waals surface area contributed by atoms with E-state index in [9.17, 15) is 18.0 Å². The second-order valence-electron chi connectivity index (χ2n) is 8.99. The van der Waals surface area contributed by atoms with Gasteiger partial charge in [-0.1, -0.05) is 0 Å². The Labute approximate surface area is 203 Å². The van der Waals surface area contributed by atoms with Crippen molar-refractivity contribution >= 4 is 11.7 Å². The molecule has 2 aromatic rings. The molecule has 0 spiro atoms. The zero-order chi connectivity index (χ0) is 25.0. The lowest BCUT2D eigenvalue weighted by molar-refractivity contribution is -0.137. The summed E-state index contributed by atoms with van der Waals surface area (Å²) >= 11 is 0. The molecule has 0 aromatic heterocycles. The van der Waals surface area contributed by atoms with Gasteiger partial charge in [0.25, 0.3) is 0 Å². The Bertz CT molecular complexity index is 982. The number of alkyl halides is 3. The number of ether oxygens (including phenoxy) is 3. The molecule has 4 rings (SSSR count). The molecule has 0 radical (unpaired) electrons. The van der Waals surface area contributed by atoms with E-state index in [2.05, 4.69) is 16.7 Å². The monoisotopic (exact) mass is 492 g/mol. The molecule has 9 heteroatoms. The first kappa shape index (κ1) is 25.3. The number of anilines is 1. The van der Waals surface area contributed by atoms with Crippen molar-refractivity contribution < 1.29 is 32.2 Å². The second kappa shape index (κ2) is 10.9. The SMILES string of the molecule is CCOC(=O)c1ccc(N2C[C@H](Oc3ccc(C(F)(F)F)cc3)C[C@H]2CN2CCOC[C@@H]2C)cc1. The first-order chi connectivity index (χ1) is 16.7. The second-order valence-corrected chi connectivity index (χ2v) is 8.99. The molecule has 0 saturated carbocycles. The van der Waals surface area contributed by atoms with Gasteiger partial charge in [-0.15, -0.1) is 0 Å². The van der Waals surface area contributed by atoms with Gasteiger partial charge in [-0.05, 0) is 62.4 Å². The van der Waals surface area contributed by atoms with Crippen molar-refractivity contribution in [3.63, 3.8) is 0 Å². The molecular weight excluding hydrogens is 461 g/mol. The van der Waals surface area contributed by atoms with Crippen LogP contribution in [0, 0.1) is 0 Å². The van der Waals surface area contributed by atoms with Gasteiger partial charge >= 0.3 is 12.1 Å². The molecule has 0 amide bonds. The van der Waals surface area contributed by atoms with Crippen LogP contribution in [-0.2, 0) is 15.7 Å². The van der Waals surface area contributed by atoms with Crippen molar-refractivity contribution in [3.8, 4) is 5.75 Å². The summed E-state index contributed by atoms with van der Waals surface area (Å²) in [5.41, 5.74) is 0.756. The highest BCUT2D eigenvalue weighted by molar-refractivity contribution is 5.89. The average Bonchev–Trinajstić information content (AvgIpc) is 3.22. The molecule has 2 aliphatic heterocycles. The van der Waals surface area contributed by atoms with Crippen molar-refractivity contribution in [1.82, 2.24) is 4.90 Å². The predicted octanol–water partition coefficient (Wildman–Crippen LogP) is 4.63. The largest absolute Gasteiger partial charge is 0.489 e. The van der Waals surface area contributed by atoms with Crippen LogP contribution in [-0.4, -0.2) is 68.5 Å². The summed E-state index contributed by atoms with van der Waals surface area (Å²) in [5, 5.41) is 0. The average molecular weight is 493 g/mol. The van der Waals surface area contributed by atoms with E-state index in [0.29, 0.717) is 43.7 Å². The molecular formula is C26H31F3N2O4. The minimum absolute atomic E-state index is 0.142. The normalized spacial score (nSPS) is 23.3. The van der Waals surface area contributed by atoms with Crippen molar-refractivity contribution in [2.75, 3.05) is 44.4 Å². The van der Waals surface area contributed by atoms with Gasteiger partial charge in [-0.2, -0.15) is 13.2 Å². The highest BCUT2D eigenvalue weighted by atomic mass is 19.4. The van der Waals surface area contributed by atoms with Gasteiger partial charge in [0.15, 0.2) is 0 Å². The van der Waals surface area contributed by atoms with Gasteiger partial charge in [0.1, 0.15) is 11.9 Å². The maximum Gasteiger partial charge on any atom is 0.416 e. The lowest BCUT2D eigenvalue weighted by atomic mass is 10.1. The molecule has 0 aliphatic carbocycles. The van der Waals surface area contributed by atoms with E-state index >= 15 is 0 Å². The van der Waals surface area contributed by atoms with Crippen LogP contribution in [0.2, 0.25) is 0 Å². The standard InChI is InChI=1S/C26H31F3N2O4/c1-3-34-25(32)19-4-8-21(9-5-19)31-16-24(14-22(31)15-30-12-13-33-17-18(30)2)35-23-10-6-20(7-11-23)26(27,28)29/h4-11,18,22,24H,3,12-17H2,1-2H3/t18-,22-,24+/m0/s1. The number of rotatable bonds is 7. The topological polar surface area (TPSA) is 51.2 Å². The molecule has 2 heterocycles. The van der Waals surface area contributed by atoms with Gasteiger partial charge < -0.3 is 19.1 Å².